The average molecular weight is 612 g/mol. The number of amides is 1. The van der Waals surface area contributed by atoms with Gasteiger partial charge in [0.2, 0.25) is 15.9 Å². The third kappa shape index (κ3) is 9.39. The lowest BCUT2D eigenvalue weighted by atomic mass is 9.82. The SMILES string of the molecule is N[C@H](Cc1cc(F)c(F)cc1F)C1C[C@H]2CC[C@@H](C1)N2C(=O)CNS(=O)(=O)Cc1ccccc1.O=C(O)/C=C\C(=O)O. The van der Waals surface area contributed by atoms with Gasteiger partial charge in [-0.15, -0.1) is 0 Å². The summed E-state index contributed by atoms with van der Waals surface area (Å²) >= 11 is 0. The van der Waals surface area contributed by atoms with E-state index in [1.165, 1.54) is 0 Å². The number of hydrogen-bond acceptors (Lipinski definition) is 6. The second kappa shape index (κ2) is 14.4. The van der Waals surface area contributed by atoms with Gasteiger partial charge in [0.25, 0.3) is 0 Å². The molecule has 0 spiro atoms. The number of piperidine rings is 1. The lowest BCUT2D eigenvalue weighted by Crippen LogP contribution is -2.52. The van der Waals surface area contributed by atoms with Gasteiger partial charge in [0.1, 0.15) is 5.82 Å². The molecule has 2 aromatic carbocycles. The maximum atomic E-state index is 14.0. The summed E-state index contributed by atoms with van der Waals surface area (Å²) in [5, 5.41) is 15.6. The summed E-state index contributed by atoms with van der Waals surface area (Å²) < 4.78 is 67.9. The largest absolute Gasteiger partial charge is 0.478 e. The minimum Gasteiger partial charge on any atom is -0.478 e. The first kappa shape index (κ1) is 32.8. The van der Waals surface area contributed by atoms with Crippen molar-refractivity contribution in [3.8, 4) is 0 Å². The summed E-state index contributed by atoms with van der Waals surface area (Å²) in [4.78, 5) is 33.7. The molecule has 228 valence electrons. The molecule has 2 aliphatic rings. The van der Waals surface area contributed by atoms with Gasteiger partial charge >= 0.3 is 11.9 Å². The molecule has 2 aliphatic heterocycles. The van der Waals surface area contributed by atoms with Crippen molar-refractivity contribution in [1.82, 2.24) is 9.62 Å². The minimum atomic E-state index is -3.66. The number of sulfonamides is 1. The van der Waals surface area contributed by atoms with Gasteiger partial charge in [-0.25, -0.2) is 35.9 Å². The molecule has 1 unspecified atom stereocenters. The molecule has 4 rings (SSSR count). The Hall–Kier alpha value is -3.75. The van der Waals surface area contributed by atoms with E-state index in [4.69, 9.17) is 15.9 Å². The molecule has 0 aromatic heterocycles. The molecule has 2 fully saturated rings. The molecule has 14 heteroatoms. The molecule has 2 saturated heterocycles. The van der Waals surface area contributed by atoms with Gasteiger partial charge in [0.15, 0.2) is 11.6 Å². The van der Waals surface area contributed by atoms with Crippen LogP contribution in [0.15, 0.2) is 54.6 Å². The van der Waals surface area contributed by atoms with Crippen LogP contribution in [0.3, 0.4) is 0 Å². The van der Waals surface area contributed by atoms with Crippen LogP contribution in [0.4, 0.5) is 13.2 Å². The van der Waals surface area contributed by atoms with Crippen molar-refractivity contribution in [1.29, 1.82) is 0 Å². The maximum Gasteiger partial charge on any atom is 0.328 e. The van der Waals surface area contributed by atoms with Crippen LogP contribution in [0.25, 0.3) is 0 Å². The predicted molar refractivity (Wildman–Crippen MR) is 146 cm³/mol. The lowest BCUT2D eigenvalue weighted by Gasteiger charge is -2.41. The van der Waals surface area contributed by atoms with E-state index < -0.39 is 45.5 Å². The number of hydrogen-bond donors (Lipinski definition) is 4. The zero-order valence-corrected chi connectivity index (χ0v) is 23.3. The Balaban J connectivity index is 0.000000531. The highest BCUT2D eigenvalue weighted by Gasteiger charge is 2.44. The number of nitrogens with one attached hydrogen (secondary N) is 1. The summed E-state index contributed by atoms with van der Waals surface area (Å²) in [6.45, 7) is -0.307. The number of carboxylic acids is 2. The molecule has 2 heterocycles. The summed E-state index contributed by atoms with van der Waals surface area (Å²) in [5.74, 6) is -6.18. The number of halogens is 3. The first-order chi connectivity index (χ1) is 19.8. The number of carbonyl (C=O) groups excluding carboxylic acids is 1. The van der Waals surface area contributed by atoms with Crippen molar-refractivity contribution >= 4 is 27.9 Å². The third-order valence-electron chi connectivity index (χ3n) is 7.22. The first-order valence-electron chi connectivity index (χ1n) is 13.1. The monoisotopic (exact) mass is 611 g/mol. The molecule has 2 aromatic rings. The number of nitrogens with zero attached hydrogens (tertiary/aromatic N) is 1. The van der Waals surface area contributed by atoms with Gasteiger partial charge in [-0.05, 0) is 55.2 Å². The van der Waals surface area contributed by atoms with E-state index in [2.05, 4.69) is 4.72 Å². The molecule has 4 atom stereocenters. The van der Waals surface area contributed by atoms with E-state index in [9.17, 15) is 36.0 Å². The smallest absolute Gasteiger partial charge is 0.328 e. The fourth-order valence-corrected chi connectivity index (χ4v) is 6.44. The van der Waals surface area contributed by atoms with Crippen LogP contribution >= 0.6 is 0 Å². The van der Waals surface area contributed by atoms with Crippen molar-refractivity contribution in [3.63, 3.8) is 0 Å². The highest BCUT2D eigenvalue weighted by atomic mass is 32.2. The summed E-state index contributed by atoms with van der Waals surface area (Å²) in [7, 11) is -3.66. The van der Waals surface area contributed by atoms with Crippen molar-refractivity contribution in [2.75, 3.05) is 6.54 Å². The second-order valence-corrected chi connectivity index (χ2v) is 12.0. The van der Waals surface area contributed by atoms with Crippen LogP contribution in [-0.4, -0.2) is 66.0 Å². The lowest BCUT2D eigenvalue weighted by molar-refractivity contribution is -0.135. The molecular weight excluding hydrogens is 579 g/mol. The van der Waals surface area contributed by atoms with Gasteiger partial charge in [-0.2, -0.15) is 0 Å². The van der Waals surface area contributed by atoms with Crippen LogP contribution in [-0.2, 0) is 36.6 Å². The number of benzene rings is 2. The van der Waals surface area contributed by atoms with Gasteiger partial charge in [-0.3, -0.25) is 4.79 Å². The Labute approximate surface area is 241 Å². The number of fused-ring (bicyclic) bond motifs is 2. The molecule has 0 saturated carbocycles. The summed E-state index contributed by atoms with van der Waals surface area (Å²) in [6.07, 6.45) is 3.97. The third-order valence-corrected chi connectivity index (χ3v) is 8.52. The van der Waals surface area contributed by atoms with E-state index in [0.717, 1.165) is 18.9 Å². The number of aliphatic carboxylic acids is 2. The van der Waals surface area contributed by atoms with Crippen LogP contribution in [0.1, 0.15) is 36.8 Å². The molecule has 0 aliphatic carbocycles. The van der Waals surface area contributed by atoms with Crippen LogP contribution < -0.4 is 10.5 Å². The molecule has 5 N–H and O–H groups in total. The molecule has 1 amide bonds. The quantitative estimate of drug-likeness (QED) is 0.235. The Morgan fingerprint density at radius 3 is 2.05 bits per heavy atom. The summed E-state index contributed by atoms with van der Waals surface area (Å²) in [6, 6.07) is 9.49. The van der Waals surface area contributed by atoms with E-state index in [-0.39, 0.29) is 48.2 Å². The summed E-state index contributed by atoms with van der Waals surface area (Å²) in [5.41, 5.74) is 6.99. The van der Waals surface area contributed by atoms with E-state index in [1.807, 2.05) is 0 Å². The standard InChI is InChI=1S/C24H28F3N3O3S.C4H4O4/c25-20-12-22(27)21(26)10-16(20)11-23(28)17-8-18-6-7-19(9-17)30(18)24(31)13-29-34(32,33)14-15-4-2-1-3-5-15;5-3(6)1-2-4(7)8/h1-5,10,12,17-19,23,29H,6-9,11,13-14,28H2;1-2H,(H,5,6)(H,7,8)/b;2-1-/t17?,18-,19+,23-;/m1./s1. The minimum absolute atomic E-state index is 0.0103. The Morgan fingerprint density at radius 1 is 0.952 bits per heavy atom. The van der Waals surface area contributed by atoms with Crippen molar-refractivity contribution < 1.29 is 46.2 Å². The van der Waals surface area contributed by atoms with Gasteiger partial charge in [0, 0.05) is 36.3 Å². The van der Waals surface area contributed by atoms with E-state index in [1.54, 1.807) is 35.2 Å². The van der Waals surface area contributed by atoms with Crippen molar-refractivity contribution in [2.24, 2.45) is 11.7 Å². The normalized spacial score (nSPS) is 20.6. The van der Waals surface area contributed by atoms with Crippen molar-refractivity contribution in [2.45, 2.75) is 56.0 Å². The highest BCUT2D eigenvalue weighted by Crippen LogP contribution is 2.40. The topological polar surface area (TPSA) is 167 Å². The second-order valence-electron chi connectivity index (χ2n) is 10.2. The number of rotatable bonds is 10. The van der Waals surface area contributed by atoms with Gasteiger partial charge in [0.05, 0.1) is 12.3 Å². The number of carboxylic acid groups (broad SMARTS) is 2. The fraction of sp³-hybridized carbons (Fsp3) is 0.393. The van der Waals surface area contributed by atoms with Crippen LogP contribution in [0, 0.1) is 23.4 Å². The fourth-order valence-electron chi connectivity index (χ4n) is 5.37. The Bertz CT molecular complexity index is 1390. The number of nitrogens with two attached hydrogens (primary N) is 1. The molecule has 0 radical (unpaired) electrons. The number of carbonyl (C=O) groups is 3. The van der Waals surface area contributed by atoms with Crippen LogP contribution in [0.2, 0.25) is 0 Å². The zero-order valence-electron chi connectivity index (χ0n) is 22.5. The molecule has 42 heavy (non-hydrogen) atoms. The highest BCUT2D eigenvalue weighted by molar-refractivity contribution is 7.88. The van der Waals surface area contributed by atoms with E-state index >= 15 is 0 Å². The van der Waals surface area contributed by atoms with Gasteiger partial charge < -0.3 is 20.8 Å². The van der Waals surface area contributed by atoms with Crippen LogP contribution in [0.5, 0.6) is 0 Å². The van der Waals surface area contributed by atoms with Gasteiger partial charge in [-0.1, -0.05) is 30.3 Å². The Kier molecular flexibility index (Phi) is 11.3. The predicted octanol–water partition coefficient (Wildman–Crippen LogP) is 2.57. The van der Waals surface area contributed by atoms with E-state index in [0.29, 0.717) is 36.6 Å². The molecule has 2 bridgehead atoms. The maximum absolute atomic E-state index is 14.0. The molecule has 10 nitrogen and oxygen atoms in total. The van der Waals surface area contributed by atoms with Crippen molar-refractivity contribution in [3.05, 3.63) is 83.2 Å². The zero-order chi connectivity index (χ0) is 31.0. The Morgan fingerprint density at radius 2 is 1.50 bits per heavy atom. The first-order valence-corrected chi connectivity index (χ1v) is 14.8. The molecular formula is C28H32F3N3O7S. The average Bonchev–Trinajstić information content (AvgIpc) is 3.18.